The predicted octanol–water partition coefficient (Wildman–Crippen LogP) is 1.88. The highest BCUT2D eigenvalue weighted by Gasteiger charge is 2.14. The average molecular weight is 208 g/mol. The van der Waals surface area contributed by atoms with Crippen molar-refractivity contribution < 1.29 is 15.3 Å². The second-order valence-corrected chi connectivity index (χ2v) is 5.61. The summed E-state index contributed by atoms with van der Waals surface area (Å²) in [6, 6.07) is 0. The van der Waals surface area contributed by atoms with Gasteiger partial charge in [0.05, 0.1) is 13.2 Å². The number of ether oxygens (including phenoxy) is 1. The van der Waals surface area contributed by atoms with Gasteiger partial charge in [0.25, 0.3) is 0 Å². The Balaban J connectivity index is -0.000000376. The summed E-state index contributed by atoms with van der Waals surface area (Å²) in [5.74, 6) is 0. The molecule has 0 rings (SSSR count). The van der Waals surface area contributed by atoms with Crippen molar-refractivity contribution in [2.45, 2.75) is 41.5 Å². The van der Waals surface area contributed by atoms with Gasteiger partial charge in [0.1, 0.15) is 0 Å². The molecule has 0 radical (unpaired) electrons. The van der Waals surface area contributed by atoms with E-state index in [4.69, 9.17) is 9.84 Å². The molecule has 0 aromatic heterocycles. The Morgan fingerprint density at radius 1 is 0.786 bits per heavy atom. The Morgan fingerprint density at radius 3 is 1.14 bits per heavy atom. The van der Waals surface area contributed by atoms with Crippen LogP contribution < -0.4 is 0 Å². The predicted molar refractivity (Wildman–Crippen MR) is 61.5 cm³/mol. The summed E-state index contributed by atoms with van der Waals surface area (Å²) < 4.78 is 5.56. The van der Waals surface area contributed by atoms with Crippen LogP contribution in [0, 0.1) is 10.8 Å². The Morgan fingerprint density at radius 2 is 1.00 bits per heavy atom. The number of rotatable bonds is 2. The molecule has 3 heteroatoms. The molecule has 0 unspecified atom stereocenters. The zero-order chi connectivity index (χ0) is 11.1. The minimum absolute atomic E-state index is 0. The first-order chi connectivity index (χ1) is 5.71. The lowest BCUT2D eigenvalue weighted by Gasteiger charge is -2.23. The van der Waals surface area contributed by atoms with Crippen LogP contribution in [0.3, 0.4) is 0 Å². The smallest absolute Gasteiger partial charge is 0.0514 e. The molecule has 0 atom stereocenters. The molecule has 0 amide bonds. The number of aliphatic hydroxyl groups excluding tert-OH is 1. The quantitative estimate of drug-likeness (QED) is 0.753. The molecule has 0 saturated carbocycles. The van der Waals surface area contributed by atoms with E-state index >= 15 is 0 Å². The van der Waals surface area contributed by atoms with Gasteiger partial charge in [-0.15, -0.1) is 0 Å². The fourth-order valence-corrected chi connectivity index (χ4v) is 0.663. The summed E-state index contributed by atoms with van der Waals surface area (Å²) in [6.07, 6.45) is 0. The number of aliphatic hydroxyl groups is 1. The minimum atomic E-state index is 0. The van der Waals surface area contributed by atoms with Crippen LogP contribution in [0.4, 0.5) is 0 Å². The molecule has 0 aromatic rings. The fourth-order valence-electron chi connectivity index (χ4n) is 0.663. The maximum atomic E-state index is 7.00. The maximum absolute atomic E-state index is 7.00. The number of hydrogen-bond acceptors (Lipinski definition) is 2. The molecular formula is C11H28O3. The summed E-state index contributed by atoms with van der Waals surface area (Å²) >= 11 is 0. The van der Waals surface area contributed by atoms with Crippen molar-refractivity contribution in [2.75, 3.05) is 20.3 Å². The normalized spacial score (nSPS) is 11.1. The second-order valence-electron chi connectivity index (χ2n) is 5.61. The van der Waals surface area contributed by atoms with E-state index in [1.165, 1.54) is 0 Å². The molecule has 14 heavy (non-hydrogen) atoms. The third kappa shape index (κ3) is 22.6. The first kappa shape index (κ1) is 19.5. The highest BCUT2D eigenvalue weighted by atomic mass is 16.5. The molecule has 0 aliphatic heterocycles. The van der Waals surface area contributed by atoms with Crippen molar-refractivity contribution in [1.29, 1.82) is 0 Å². The topological polar surface area (TPSA) is 61.0 Å². The van der Waals surface area contributed by atoms with Crippen LogP contribution in [-0.2, 0) is 4.74 Å². The van der Waals surface area contributed by atoms with Gasteiger partial charge in [-0.3, -0.25) is 0 Å². The standard InChI is InChI=1S/C10H22O.CH4O.H2O/c1-9(2,3)7-11-8-10(4,5)6;1-2;/h7-8H2,1-6H3;2H,1H3;1H2. The van der Waals surface area contributed by atoms with Gasteiger partial charge in [-0.05, 0) is 10.8 Å². The molecule has 0 spiro atoms. The van der Waals surface area contributed by atoms with E-state index in [-0.39, 0.29) is 5.48 Å². The molecule has 0 aromatic carbocycles. The average Bonchev–Trinajstić information content (AvgIpc) is 1.86. The van der Waals surface area contributed by atoms with Crippen molar-refractivity contribution in [3.05, 3.63) is 0 Å². The van der Waals surface area contributed by atoms with Crippen molar-refractivity contribution in [2.24, 2.45) is 10.8 Å². The first-order valence-electron chi connectivity index (χ1n) is 4.73. The zero-order valence-corrected chi connectivity index (χ0v) is 10.8. The molecule has 0 heterocycles. The van der Waals surface area contributed by atoms with Crippen LogP contribution in [0.2, 0.25) is 0 Å². The first-order valence-corrected chi connectivity index (χ1v) is 4.73. The van der Waals surface area contributed by atoms with Crippen LogP contribution in [0.5, 0.6) is 0 Å². The van der Waals surface area contributed by atoms with Gasteiger partial charge in [-0.2, -0.15) is 0 Å². The fraction of sp³-hybridized carbons (Fsp3) is 1.00. The van der Waals surface area contributed by atoms with Crippen LogP contribution in [-0.4, -0.2) is 30.9 Å². The molecule has 0 bridgehead atoms. The van der Waals surface area contributed by atoms with E-state index in [9.17, 15) is 0 Å². The summed E-state index contributed by atoms with van der Waals surface area (Å²) in [5.41, 5.74) is 0.594. The molecule has 3 nitrogen and oxygen atoms in total. The summed E-state index contributed by atoms with van der Waals surface area (Å²) in [6.45, 7) is 14.8. The third-order valence-corrected chi connectivity index (χ3v) is 1.07. The summed E-state index contributed by atoms with van der Waals surface area (Å²) in [4.78, 5) is 0. The van der Waals surface area contributed by atoms with Gasteiger partial charge >= 0.3 is 0 Å². The van der Waals surface area contributed by atoms with Crippen molar-refractivity contribution in [3.8, 4) is 0 Å². The lowest BCUT2D eigenvalue weighted by atomic mass is 9.97. The SMILES string of the molecule is CC(C)(C)COCC(C)(C)C.CO.O. The zero-order valence-electron chi connectivity index (χ0n) is 10.8. The third-order valence-electron chi connectivity index (χ3n) is 1.07. The van der Waals surface area contributed by atoms with E-state index in [0.717, 1.165) is 20.3 Å². The van der Waals surface area contributed by atoms with Crippen LogP contribution in [0.1, 0.15) is 41.5 Å². The van der Waals surface area contributed by atoms with Gasteiger partial charge < -0.3 is 15.3 Å². The van der Waals surface area contributed by atoms with Crippen LogP contribution >= 0.6 is 0 Å². The van der Waals surface area contributed by atoms with E-state index < -0.39 is 0 Å². The molecule has 0 aliphatic rings. The van der Waals surface area contributed by atoms with Crippen LogP contribution in [0.15, 0.2) is 0 Å². The van der Waals surface area contributed by atoms with Crippen LogP contribution in [0.25, 0.3) is 0 Å². The monoisotopic (exact) mass is 208 g/mol. The highest BCUT2D eigenvalue weighted by Crippen LogP contribution is 2.17. The van der Waals surface area contributed by atoms with E-state index in [2.05, 4.69) is 41.5 Å². The molecule has 0 saturated heterocycles. The molecule has 3 N–H and O–H groups in total. The largest absolute Gasteiger partial charge is 0.412 e. The van der Waals surface area contributed by atoms with E-state index in [1.807, 2.05) is 0 Å². The maximum Gasteiger partial charge on any atom is 0.0514 e. The van der Waals surface area contributed by atoms with Gasteiger partial charge in [-0.1, -0.05) is 41.5 Å². The molecule has 0 fully saturated rings. The van der Waals surface area contributed by atoms with Crippen molar-refractivity contribution >= 4 is 0 Å². The Labute approximate surface area is 88.8 Å². The lowest BCUT2D eigenvalue weighted by molar-refractivity contribution is 0.0275. The second kappa shape index (κ2) is 8.21. The van der Waals surface area contributed by atoms with Crippen molar-refractivity contribution in [1.82, 2.24) is 0 Å². The molecular weight excluding hydrogens is 180 g/mol. The Hall–Kier alpha value is -0.120. The van der Waals surface area contributed by atoms with Gasteiger partial charge in [0.2, 0.25) is 0 Å². The minimum Gasteiger partial charge on any atom is -0.412 e. The van der Waals surface area contributed by atoms with Gasteiger partial charge in [0, 0.05) is 7.11 Å². The lowest BCUT2D eigenvalue weighted by Crippen LogP contribution is -2.21. The molecule has 0 aliphatic carbocycles. The van der Waals surface area contributed by atoms with E-state index in [1.54, 1.807) is 0 Å². The Kier molecular flexibility index (Phi) is 11.4. The van der Waals surface area contributed by atoms with Gasteiger partial charge in [-0.25, -0.2) is 0 Å². The van der Waals surface area contributed by atoms with Gasteiger partial charge in [0.15, 0.2) is 0 Å². The highest BCUT2D eigenvalue weighted by molar-refractivity contribution is 4.63. The van der Waals surface area contributed by atoms with Crippen molar-refractivity contribution in [3.63, 3.8) is 0 Å². The Bertz CT molecular complexity index is 94.7. The summed E-state index contributed by atoms with van der Waals surface area (Å²) in [5, 5.41) is 7.00. The number of hydrogen-bond donors (Lipinski definition) is 1. The summed E-state index contributed by atoms with van der Waals surface area (Å²) in [7, 11) is 1.00. The van der Waals surface area contributed by atoms with E-state index in [0.29, 0.717) is 10.8 Å². The molecule has 90 valence electrons.